The van der Waals surface area contributed by atoms with E-state index < -0.39 is 24.1 Å². The van der Waals surface area contributed by atoms with Crippen molar-refractivity contribution in [3.63, 3.8) is 0 Å². The molecule has 1 fully saturated rings. The Kier molecular flexibility index (Phi) is 4.95. The summed E-state index contributed by atoms with van der Waals surface area (Å²) in [7, 11) is 0. The first-order valence-electron chi connectivity index (χ1n) is 6.31. The Morgan fingerprint density at radius 1 is 1.33 bits per heavy atom. The SMILES string of the molecule is CC1CCC(C)N(C(=O)N[C@H](C(=O)O)[C@@H](C)O)C1. The number of carboxylic acids is 1. The Labute approximate surface area is 107 Å². The molecule has 6 heteroatoms. The number of likely N-dealkylation sites (tertiary alicyclic amines) is 1. The second-order valence-electron chi connectivity index (χ2n) is 5.19. The molecule has 2 unspecified atom stereocenters. The number of nitrogens with zero attached hydrogens (tertiary/aromatic N) is 1. The first kappa shape index (κ1) is 14.8. The van der Waals surface area contributed by atoms with Gasteiger partial charge >= 0.3 is 12.0 Å². The van der Waals surface area contributed by atoms with Crippen molar-refractivity contribution in [1.82, 2.24) is 10.2 Å². The maximum absolute atomic E-state index is 12.0. The van der Waals surface area contributed by atoms with Crippen molar-refractivity contribution in [2.45, 2.75) is 51.8 Å². The molecule has 3 N–H and O–H groups in total. The molecule has 1 heterocycles. The zero-order valence-corrected chi connectivity index (χ0v) is 11.1. The van der Waals surface area contributed by atoms with E-state index in [1.807, 2.05) is 6.92 Å². The number of hydrogen-bond acceptors (Lipinski definition) is 3. The van der Waals surface area contributed by atoms with Crippen molar-refractivity contribution in [3.05, 3.63) is 0 Å². The second-order valence-corrected chi connectivity index (χ2v) is 5.19. The lowest BCUT2D eigenvalue weighted by Crippen LogP contribution is -2.56. The number of piperidine rings is 1. The number of amides is 2. The number of aliphatic carboxylic acids is 1. The summed E-state index contributed by atoms with van der Waals surface area (Å²) in [6.07, 6.45) is 0.869. The van der Waals surface area contributed by atoms with Gasteiger partial charge in [-0.3, -0.25) is 0 Å². The zero-order valence-electron chi connectivity index (χ0n) is 11.1. The highest BCUT2D eigenvalue weighted by atomic mass is 16.4. The molecular formula is C12H22N2O4. The minimum Gasteiger partial charge on any atom is -0.480 e. The average molecular weight is 258 g/mol. The van der Waals surface area contributed by atoms with E-state index in [4.69, 9.17) is 5.11 Å². The van der Waals surface area contributed by atoms with Crippen LogP contribution in [0.4, 0.5) is 4.79 Å². The number of aliphatic hydroxyl groups is 1. The van der Waals surface area contributed by atoms with Crippen LogP contribution < -0.4 is 5.32 Å². The van der Waals surface area contributed by atoms with E-state index in [1.54, 1.807) is 4.90 Å². The lowest BCUT2D eigenvalue weighted by molar-refractivity contribution is -0.141. The molecule has 0 aromatic rings. The summed E-state index contributed by atoms with van der Waals surface area (Å²) in [5.74, 6) is -0.808. The predicted molar refractivity (Wildman–Crippen MR) is 66.2 cm³/mol. The van der Waals surface area contributed by atoms with Gasteiger partial charge in [0.25, 0.3) is 0 Å². The minimum absolute atomic E-state index is 0.102. The first-order chi connectivity index (χ1) is 8.32. The van der Waals surface area contributed by atoms with Crippen LogP contribution in [0.2, 0.25) is 0 Å². The largest absolute Gasteiger partial charge is 0.480 e. The number of carbonyl (C=O) groups excluding carboxylic acids is 1. The van der Waals surface area contributed by atoms with E-state index in [0.29, 0.717) is 12.5 Å². The van der Waals surface area contributed by atoms with Crippen LogP contribution in [0.1, 0.15) is 33.6 Å². The van der Waals surface area contributed by atoms with Crippen molar-refractivity contribution in [2.75, 3.05) is 6.54 Å². The molecule has 0 spiro atoms. The van der Waals surface area contributed by atoms with Crippen molar-refractivity contribution in [2.24, 2.45) is 5.92 Å². The Morgan fingerprint density at radius 3 is 2.44 bits per heavy atom. The van der Waals surface area contributed by atoms with Gasteiger partial charge in [0.1, 0.15) is 0 Å². The molecule has 1 rings (SSSR count). The zero-order chi connectivity index (χ0) is 13.9. The van der Waals surface area contributed by atoms with E-state index in [0.717, 1.165) is 12.8 Å². The topological polar surface area (TPSA) is 89.9 Å². The predicted octanol–water partition coefficient (Wildman–Crippen LogP) is 0.650. The molecule has 1 aliphatic rings. The molecule has 6 nitrogen and oxygen atoms in total. The monoisotopic (exact) mass is 258 g/mol. The van der Waals surface area contributed by atoms with Crippen molar-refractivity contribution < 1.29 is 19.8 Å². The van der Waals surface area contributed by atoms with Gasteiger partial charge in [-0.2, -0.15) is 0 Å². The molecule has 4 atom stereocenters. The van der Waals surface area contributed by atoms with Crippen molar-refractivity contribution >= 4 is 12.0 Å². The van der Waals surface area contributed by atoms with E-state index in [2.05, 4.69) is 12.2 Å². The molecule has 2 amide bonds. The Hall–Kier alpha value is -1.30. The summed E-state index contributed by atoms with van der Waals surface area (Å²) >= 11 is 0. The van der Waals surface area contributed by atoms with Crippen LogP contribution in [0.5, 0.6) is 0 Å². The lowest BCUT2D eigenvalue weighted by atomic mass is 9.95. The summed E-state index contributed by atoms with van der Waals surface area (Å²) in [6, 6.07) is -1.58. The van der Waals surface area contributed by atoms with Gasteiger partial charge in [-0.1, -0.05) is 6.92 Å². The van der Waals surface area contributed by atoms with Crippen LogP contribution in [0.3, 0.4) is 0 Å². The summed E-state index contributed by atoms with van der Waals surface area (Å²) in [5.41, 5.74) is 0. The van der Waals surface area contributed by atoms with Gasteiger partial charge in [-0.05, 0) is 32.6 Å². The smallest absolute Gasteiger partial charge is 0.328 e. The van der Waals surface area contributed by atoms with Crippen LogP contribution in [0, 0.1) is 5.92 Å². The standard InChI is InChI=1S/C12H22N2O4/c1-7-4-5-8(2)14(6-7)12(18)13-10(9(3)15)11(16)17/h7-10,15H,4-6H2,1-3H3,(H,13,18)(H,16,17)/t7?,8?,9-,10+/m1/s1. The van der Waals surface area contributed by atoms with Gasteiger partial charge in [0, 0.05) is 12.6 Å². The summed E-state index contributed by atoms with van der Waals surface area (Å²) in [5, 5.41) is 20.6. The summed E-state index contributed by atoms with van der Waals surface area (Å²) < 4.78 is 0. The highest BCUT2D eigenvalue weighted by Crippen LogP contribution is 2.21. The van der Waals surface area contributed by atoms with E-state index in [9.17, 15) is 14.7 Å². The fourth-order valence-corrected chi connectivity index (χ4v) is 2.18. The van der Waals surface area contributed by atoms with E-state index >= 15 is 0 Å². The molecule has 0 radical (unpaired) electrons. The van der Waals surface area contributed by atoms with E-state index in [-0.39, 0.29) is 6.04 Å². The Morgan fingerprint density at radius 2 is 1.94 bits per heavy atom. The number of nitrogens with one attached hydrogen (secondary N) is 1. The molecule has 0 aliphatic carbocycles. The molecule has 18 heavy (non-hydrogen) atoms. The van der Waals surface area contributed by atoms with Crippen molar-refractivity contribution in [1.29, 1.82) is 0 Å². The fraction of sp³-hybridized carbons (Fsp3) is 0.833. The third-order valence-electron chi connectivity index (χ3n) is 3.41. The number of carboxylic acid groups (broad SMARTS) is 1. The molecular weight excluding hydrogens is 236 g/mol. The normalized spacial score (nSPS) is 27.4. The second kappa shape index (κ2) is 6.04. The fourth-order valence-electron chi connectivity index (χ4n) is 2.18. The van der Waals surface area contributed by atoms with E-state index in [1.165, 1.54) is 6.92 Å². The number of carbonyl (C=O) groups is 2. The van der Waals surface area contributed by atoms with Gasteiger partial charge in [0.15, 0.2) is 6.04 Å². The molecule has 1 saturated heterocycles. The molecule has 0 aromatic heterocycles. The number of aliphatic hydroxyl groups excluding tert-OH is 1. The molecule has 1 aliphatic heterocycles. The van der Waals surface area contributed by atoms with Crippen molar-refractivity contribution in [3.8, 4) is 0 Å². The molecule has 0 bridgehead atoms. The summed E-state index contributed by atoms with van der Waals surface area (Å²) in [6.45, 7) is 5.99. The maximum atomic E-state index is 12.0. The number of urea groups is 1. The average Bonchev–Trinajstić information content (AvgIpc) is 2.28. The van der Waals surface area contributed by atoms with Gasteiger partial charge in [0.05, 0.1) is 6.10 Å². The van der Waals surface area contributed by atoms with Gasteiger partial charge in [0.2, 0.25) is 0 Å². The van der Waals surface area contributed by atoms with Crippen LogP contribution in [-0.4, -0.2) is 51.8 Å². The number of hydrogen-bond donors (Lipinski definition) is 3. The quantitative estimate of drug-likeness (QED) is 0.693. The number of rotatable bonds is 3. The van der Waals surface area contributed by atoms with Crippen LogP contribution in [0.25, 0.3) is 0 Å². The maximum Gasteiger partial charge on any atom is 0.328 e. The van der Waals surface area contributed by atoms with Gasteiger partial charge in [-0.15, -0.1) is 0 Å². The summed E-state index contributed by atoms with van der Waals surface area (Å²) in [4.78, 5) is 24.6. The van der Waals surface area contributed by atoms with Crippen LogP contribution in [0.15, 0.2) is 0 Å². The van der Waals surface area contributed by atoms with Gasteiger partial charge < -0.3 is 20.4 Å². The third-order valence-corrected chi connectivity index (χ3v) is 3.41. The highest BCUT2D eigenvalue weighted by molar-refractivity contribution is 5.83. The Bertz CT molecular complexity index is 319. The lowest BCUT2D eigenvalue weighted by Gasteiger charge is -2.37. The highest BCUT2D eigenvalue weighted by Gasteiger charge is 2.31. The van der Waals surface area contributed by atoms with Gasteiger partial charge in [-0.25, -0.2) is 9.59 Å². The molecule has 0 aromatic carbocycles. The van der Waals surface area contributed by atoms with Crippen LogP contribution in [-0.2, 0) is 4.79 Å². The minimum atomic E-state index is -1.26. The Balaban J connectivity index is 2.65. The first-order valence-corrected chi connectivity index (χ1v) is 6.31. The molecule has 0 saturated carbocycles. The third kappa shape index (κ3) is 3.60. The van der Waals surface area contributed by atoms with Crippen LogP contribution >= 0.6 is 0 Å². The molecule has 104 valence electrons.